The second-order valence-electron chi connectivity index (χ2n) is 7.32. The molecule has 0 radical (unpaired) electrons. The molecule has 0 N–H and O–H groups in total. The molecule has 0 atom stereocenters. The molecule has 3 aromatic carbocycles. The Hall–Kier alpha value is -3.82. The van der Waals surface area contributed by atoms with Crippen LogP contribution in [0.1, 0.15) is 16.7 Å². The van der Waals surface area contributed by atoms with Crippen LogP contribution in [0.3, 0.4) is 0 Å². The maximum Gasteiger partial charge on any atom is 0.238 e. The molecular formula is C27H21BrN2O3. The number of ether oxygens (including phenoxy) is 2. The first kappa shape index (κ1) is 22.4. The SMILES string of the molecule is COc1ccc(-c2oc(N=Cc3ccc(C)c(Br)c3)c(C#N)c2-c2ccc(OC)cc2)cc1. The number of nitriles is 1. The Balaban J connectivity index is 1.86. The van der Waals surface area contributed by atoms with Crippen LogP contribution < -0.4 is 9.47 Å². The molecule has 5 nitrogen and oxygen atoms in total. The van der Waals surface area contributed by atoms with Gasteiger partial charge in [0.1, 0.15) is 28.9 Å². The second-order valence-corrected chi connectivity index (χ2v) is 8.18. The van der Waals surface area contributed by atoms with Gasteiger partial charge in [0.05, 0.1) is 14.2 Å². The van der Waals surface area contributed by atoms with Gasteiger partial charge in [-0.2, -0.15) is 5.26 Å². The quantitative estimate of drug-likeness (QED) is 0.260. The van der Waals surface area contributed by atoms with E-state index in [0.29, 0.717) is 16.9 Å². The maximum absolute atomic E-state index is 10.0. The molecule has 0 unspecified atom stereocenters. The Morgan fingerprint density at radius 3 is 2.06 bits per heavy atom. The topological polar surface area (TPSA) is 67.8 Å². The summed E-state index contributed by atoms with van der Waals surface area (Å²) in [5, 5.41) is 10.0. The minimum absolute atomic E-state index is 0.255. The van der Waals surface area contributed by atoms with Gasteiger partial charge >= 0.3 is 0 Å². The molecule has 4 aromatic rings. The highest BCUT2D eigenvalue weighted by molar-refractivity contribution is 9.10. The van der Waals surface area contributed by atoms with E-state index in [1.807, 2.05) is 73.7 Å². The summed E-state index contributed by atoms with van der Waals surface area (Å²) in [5.74, 6) is 2.29. The van der Waals surface area contributed by atoms with Gasteiger partial charge in [0.15, 0.2) is 0 Å². The van der Waals surface area contributed by atoms with Crippen LogP contribution in [0, 0.1) is 18.3 Å². The van der Waals surface area contributed by atoms with Crippen LogP contribution in [0.25, 0.3) is 22.5 Å². The summed E-state index contributed by atoms with van der Waals surface area (Å²) >= 11 is 3.54. The summed E-state index contributed by atoms with van der Waals surface area (Å²) in [5.41, 5.74) is 4.73. The molecule has 4 rings (SSSR count). The fraction of sp³-hybridized carbons (Fsp3) is 0.111. The molecule has 0 fully saturated rings. The number of benzene rings is 3. The van der Waals surface area contributed by atoms with E-state index in [1.165, 1.54) is 0 Å². The van der Waals surface area contributed by atoms with Gasteiger partial charge in [-0.15, -0.1) is 0 Å². The molecule has 0 amide bonds. The average Bonchev–Trinajstić information content (AvgIpc) is 3.23. The smallest absolute Gasteiger partial charge is 0.238 e. The van der Waals surface area contributed by atoms with E-state index in [4.69, 9.17) is 13.9 Å². The van der Waals surface area contributed by atoms with Gasteiger partial charge in [-0.1, -0.05) is 40.2 Å². The van der Waals surface area contributed by atoms with Crippen LogP contribution in [-0.4, -0.2) is 20.4 Å². The lowest BCUT2D eigenvalue weighted by molar-refractivity contribution is 0.414. The van der Waals surface area contributed by atoms with Gasteiger partial charge in [-0.05, 0) is 66.1 Å². The number of aryl methyl sites for hydroxylation is 1. The molecule has 0 aliphatic carbocycles. The molecule has 1 aromatic heterocycles. The zero-order chi connectivity index (χ0) is 23.4. The van der Waals surface area contributed by atoms with E-state index >= 15 is 0 Å². The van der Waals surface area contributed by atoms with E-state index in [1.54, 1.807) is 20.4 Å². The summed E-state index contributed by atoms with van der Waals surface area (Å²) in [6, 6.07) is 23.3. The Labute approximate surface area is 201 Å². The van der Waals surface area contributed by atoms with Crippen molar-refractivity contribution >= 4 is 28.0 Å². The molecule has 0 aliphatic rings. The van der Waals surface area contributed by atoms with Crippen molar-refractivity contribution in [3.05, 3.63) is 87.9 Å². The highest BCUT2D eigenvalue weighted by Gasteiger charge is 2.23. The van der Waals surface area contributed by atoms with Crippen molar-refractivity contribution in [3.8, 4) is 40.0 Å². The number of furan rings is 1. The fourth-order valence-corrected chi connectivity index (χ4v) is 3.81. The number of nitrogens with zero attached hydrogens (tertiary/aromatic N) is 2. The van der Waals surface area contributed by atoms with Crippen LogP contribution in [0.4, 0.5) is 5.88 Å². The fourth-order valence-electron chi connectivity index (χ4n) is 3.42. The third-order valence-corrected chi connectivity index (χ3v) is 6.11. The van der Waals surface area contributed by atoms with Crippen molar-refractivity contribution in [2.75, 3.05) is 14.2 Å². The number of hydrogen-bond acceptors (Lipinski definition) is 5. The second kappa shape index (κ2) is 9.76. The lowest BCUT2D eigenvalue weighted by Crippen LogP contribution is -1.87. The van der Waals surface area contributed by atoms with Crippen molar-refractivity contribution in [2.24, 2.45) is 4.99 Å². The highest BCUT2D eigenvalue weighted by Crippen LogP contribution is 2.43. The Kier molecular flexibility index (Phi) is 6.62. The molecular weight excluding hydrogens is 480 g/mol. The minimum atomic E-state index is 0.255. The predicted octanol–water partition coefficient (Wildman–Crippen LogP) is 7.32. The molecule has 0 saturated carbocycles. The zero-order valence-corrected chi connectivity index (χ0v) is 20.0. The molecule has 0 spiro atoms. The Bertz CT molecular complexity index is 1350. The molecule has 6 heteroatoms. The lowest BCUT2D eigenvalue weighted by Gasteiger charge is -2.06. The summed E-state index contributed by atoms with van der Waals surface area (Å²) < 4.78 is 17.7. The molecule has 33 heavy (non-hydrogen) atoms. The van der Waals surface area contributed by atoms with Crippen LogP contribution in [0.2, 0.25) is 0 Å². The summed E-state index contributed by atoms with van der Waals surface area (Å²) in [7, 11) is 3.24. The number of aliphatic imine (C=N–C) groups is 1. The van der Waals surface area contributed by atoms with Crippen LogP contribution in [0.15, 0.2) is 80.6 Å². The zero-order valence-electron chi connectivity index (χ0n) is 18.4. The van der Waals surface area contributed by atoms with Crippen LogP contribution >= 0.6 is 15.9 Å². The molecule has 1 heterocycles. The monoisotopic (exact) mass is 500 g/mol. The predicted molar refractivity (Wildman–Crippen MR) is 134 cm³/mol. The van der Waals surface area contributed by atoms with Gasteiger partial charge in [-0.25, -0.2) is 4.99 Å². The summed E-state index contributed by atoms with van der Waals surface area (Å²) in [4.78, 5) is 4.53. The highest BCUT2D eigenvalue weighted by atomic mass is 79.9. The van der Waals surface area contributed by atoms with Crippen molar-refractivity contribution in [2.45, 2.75) is 6.92 Å². The number of methoxy groups -OCH3 is 2. The van der Waals surface area contributed by atoms with Crippen molar-refractivity contribution in [3.63, 3.8) is 0 Å². The molecule has 0 saturated heterocycles. The van der Waals surface area contributed by atoms with Crippen LogP contribution in [-0.2, 0) is 0 Å². The van der Waals surface area contributed by atoms with E-state index in [2.05, 4.69) is 27.0 Å². The lowest BCUT2D eigenvalue weighted by atomic mass is 9.98. The van der Waals surface area contributed by atoms with Crippen LogP contribution in [0.5, 0.6) is 11.5 Å². The van der Waals surface area contributed by atoms with Gasteiger partial charge in [0.2, 0.25) is 5.88 Å². The van der Waals surface area contributed by atoms with E-state index < -0.39 is 0 Å². The third-order valence-electron chi connectivity index (χ3n) is 5.26. The minimum Gasteiger partial charge on any atom is -0.497 e. The molecule has 0 bridgehead atoms. The molecule has 164 valence electrons. The van der Waals surface area contributed by atoms with E-state index in [9.17, 15) is 5.26 Å². The van der Waals surface area contributed by atoms with Gasteiger partial charge in [0, 0.05) is 21.8 Å². The standard InChI is InChI=1S/C27H21BrN2O3/c1-17-4-5-18(14-24(17)28)16-30-27-23(15-29)25(19-6-10-21(31-2)11-7-19)26(33-27)20-8-12-22(32-3)13-9-20/h4-14,16H,1-3H3. The van der Waals surface area contributed by atoms with Gasteiger partial charge in [0.25, 0.3) is 0 Å². The van der Waals surface area contributed by atoms with Crippen molar-refractivity contribution < 1.29 is 13.9 Å². The first-order valence-corrected chi connectivity index (χ1v) is 11.0. The average molecular weight is 501 g/mol. The first-order valence-electron chi connectivity index (χ1n) is 10.2. The molecule has 0 aliphatic heterocycles. The first-order chi connectivity index (χ1) is 16.0. The van der Waals surface area contributed by atoms with Crippen molar-refractivity contribution in [1.82, 2.24) is 0 Å². The van der Waals surface area contributed by atoms with Gasteiger partial charge in [-0.3, -0.25) is 0 Å². The largest absolute Gasteiger partial charge is 0.497 e. The van der Waals surface area contributed by atoms with Crippen molar-refractivity contribution in [1.29, 1.82) is 5.26 Å². The van der Waals surface area contributed by atoms with Gasteiger partial charge < -0.3 is 13.9 Å². The Morgan fingerprint density at radius 1 is 0.909 bits per heavy atom. The number of rotatable bonds is 6. The van der Waals surface area contributed by atoms with E-state index in [0.717, 1.165) is 38.2 Å². The normalized spacial score (nSPS) is 10.9. The van der Waals surface area contributed by atoms with E-state index in [-0.39, 0.29) is 5.88 Å². The number of halogens is 1. The summed E-state index contributed by atoms with van der Waals surface area (Å²) in [6.07, 6.45) is 1.69. The maximum atomic E-state index is 10.0. The number of hydrogen-bond donors (Lipinski definition) is 0. The third kappa shape index (κ3) is 4.69. The Morgan fingerprint density at radius 2 is 1.52 bits per heavy atom. The summed E-state index contributed by atoms with van der Waals surface area (Å²) in [6.45, 7) is 2.02.